The second kappa shape index (κ2) is 15.0. The van der Waals surface area contributed by atoms with E-state index in [2.05, 4.69) is 5.32 Å². The molecule has 0 radical (unpaired) electrons. The van der Waals surface area contributed by atoms with Crippen molar-refractivity contribution in [3.8, 4) is 5.75 Å². The topological polar surface area (TPSA) is 82.0 Å². The summed E-state index contributed by atoms with van der Waals surface area (Å²) in [6.45, 7) is -5.05. The van der Waals surface area contributed by atoms with Gasteiger partial charge in [-0.1, -0.05) is 49.2 Å². The average Bonchev–Trinajstić information content (AvgIpc) is 2.84. The number of aryl methyl sites for hydroxylation is 1. The molecule has 2 aromatic rings. The zero-order valence-electron chi connectivity index (χ0n) is 25.2. The maximum atomic E-state index is 10.6. The Hall–Kier alpha value is -1.92. The van der Waals surface area contributed by atoms with E-state index in [0.717, 1.165) is 12.0 Å². The molecule has 4 N–H and O–H groups in total. The molecule has 5 heteroatoms. The summed E-state index contributed by atoms with van der Waals surface area (Å²) in [7, 11) is 0. The molecule has 0 bridgehead atoms. The average molecular weight is 424 g/mol. The standard InChI is InChI=1S/C25H37NO4/c27-20-23-18-22(13-14-24(23)28)25(29)19-26-15-7-1-2-8-16-30-17-9-6-12-21-10-4-3-5-11-21/h3-5,10-11,13-14,18,25-29H,1-2,6-9,12,15-17,19-20H2/i13D,14D,15D2,17D2,18D,25D. The number of benzene rings is 2. The highest BCUT2D eigenvalue weighted by molar-refractivity contribution is 5.36. The summed E-state index contributed by atoms with van der Waals surface area (Å²) in [4.78, 5) is 0. The molecule has 0 aliphatic heterocycles. The maximum absolute atomic E-state index is 10.6. The minimum absolute atomic E-state index is 0.0235. The van der Waals surface area contributed by atoms with Crippen molar-refractivity contribution in [1.82, 2.24) is 5.32 Å². The number of rotatable bonds is 16. The van der Waals surface area contributed by atoms with Gasteiger partial charge < -0.3 is 25.4 Å². The molecule has 0 heterocycles. The molecule has 0 aliphatic carbocycles. The number of aliphatic hydroxyl groups excluding tert-OH is 1. The van der Waals surface area contributed by atoms with E-state index in [-0.39, 0.29) is 19.4 Å². The van der Waals surface area contributed by atoms with E-state index in [1.807, 2.05) is 30.3 Å². The van der Waals surface area contributed by atoms with E-state index in [0.29, 0.717) is 25.7 Å². The van der Waals surface area contributed by atoms with Gasteiger partial charge in [-0.25, -0.2) is 0 Å². The molecule has 2 rings (SSSR count). The number of hydrogen-bond acceptors (Lipinski definition) is 5. The fourth-order valence-corrected chi connectivity index (χ4v) is 2.74. The van der Waals surface area contributed by atoms with Crippen LogP contribution < -0.4 is 5.32 Å². The number of nitrogens with one attached hydrogen (secondary N) is 1. The van der Waals surface area contributed by atoms with Gasteiger partial charge in [-0.2, -0.15) is 0 Å². The summed E-state index contributed by atoms with van der Waals surface area (Å²) >= 11 is 0. The first-order chi connectivity index (χ1) is 17.7. The van der Waals surface area contributed by atoms with Crippen LogP contribution in [-0.4, -0.2) is 41.5 Å². The predicted octanol–water partition coefficient (Wildman–Crippen LogP) is 4.11. The van der Waals surface area contributed by atoms with Crippen molar-refractivity contribution >= 4 is 0 Å². The maximum Gasteiger partial charge on any atom is 0.121 e. The summed E-state index contributed by atoms with van der Waals surface area (Å²) in [5, 5.41) is 32.2. The van der Waals surface area contributed by atoms with Crippen LogP contribution in [0.3, 0.4) is 0 Å². The third-order valence-electron chi connectivity index (χ3n) is 4.43. The highest BCUT2D eigenvalue weighted by atomic mass is 16.5. The lowest BCUT2D eigenvalue weighted by molar-refractivity contribution is 0.126. The van der Waals surface area contributed by atoms with Crippen molar-refractivity contribution in [3.63, 3.8) is 0 Å². The van der Waals surface area contributed by atoms with E-state index >= 15 is 0 Å². The smallest absolute Gasteiger partial charge is 0.121 e. The molecule has 1 atom stereocenters. The number of unbranched alkanes of at least 4 members (excludes halogenated alkanes) is 2. The first-order valence-corrected chi connectivity index (χ1v) is 10.3. The Balaban J connectivity index is 1.76. The second-order valence-corrected chi connectivity index (χ2v) is 6.85. The van der Waals surface area contributed by atoms with Gasteiger partial charge in [0.1, 0.15) is 5.75 Å². The highest BCUT2D eigenvalue weighted by Gasteiger charge is 2.09. The molecule has 2 aromatic carbocycles. The van der Waals surface area contributed by atoms with Crippen molar-refractivity contribution in [2.24, 2.45) is 0 Å². The molecule has 0 aromatic heterocycles. The van der Waals surface area contributed by atoms with Crippen molar-refractivity contribution in [2.75, 3.05) is 26.2 Å². The molecular formula is C25H37NO4. The van der Waals surface area contributed by atoms with Crippen LogP contribution >= 0.6 is 0 Å². The van der Waals surface area contributed by atoms with Gasteiger partial charge >= 0.3 is 0 Å². The van der Waals surface area contributed by atoms with Gasteiger partial charge in [0.2, 0.25) is 0 Å². The van der Waals surface area contributed by atoms with E-state index in [1.165, 1.54) is 0 Å². The largest absolute Gasteiger partial charge is 0.508 e. The highest BCUT2D eigenvalue weighted by Crippen LogP contribution is 2.22. The van der Waals surface area contributed by atoms with E-state index in [1.54, 1.807) is 0 Å². The summed E-state index contributed by atoms with van der Waals surface area (Å²) in [5.74, 6) is -0.769. The molecule has 0 saturated heterocycles. The Bertz CT molecular complexity index is 1040. The summed E-state index contributed by atoms with van der Waals surface area (Å²) in [6.07, 6.45) is 0.589. The number of hydrogen-bond donors (Lipinski definition) is 4. The second-order valence-electron chi connectivity index (χ2n) is 6.85. The molecular weight excluding hydrogens is 378 g/mol. The quantitative estimate of drug-likeness (QED) is 0.306. The lowest BCUT2D eigenvalue weighted by atomic mass is 10.1. The molecule has 5 nitrogen and oxygen atoms in total. The number of aromatic hydroxyl groups is 1. The zero-order chi connectivity index (χ0) is 28.6. The lowest BCUT2D eigenvalue weighted by Crippen LogP contribution is -2.22. The van der Waals surface area contributed by atoms with E-state index in [4.69, 9.17) is 15.7 Å². The fraction of sp³-hybridized carbons (Fsp3) is 0.520. The normalized spacial score (nSPS) is 18.1. The van der Waals surface area contributed by atoms with Gasteiger partial charge in [0, 0.05) is 28.0 Å². The van der Waals surface area contributed by atoms with Crippen LogP contribution in [0.1, 0.15) is 72.3 Å². The van der Waals surface area contributed by atoms with Crippen molar-refractivity contribution < 1.29 is 31.0 Å². The van der Waals surface area contributed by atoms with Crippen LogP contribution in [0.5, 0.6) is 5.75 Å². The monoisotopic (exact) mass is 423 g/mol. The summed E-state index contributed by atoms with van der Waals surface area (Å²) < 4.78 is 69.6. The molecule has 166 valence electrons. The Labute approximate surface area is 192 Å². The molecule has 0 spiro atoms. The SMILES string of the molecule is [2H]c1c([2H])c(C([2H])(O)CNC([2H])([2H])CCCCCOC([2H])([2H])CCCc2ccccc2)c([2H])c(CO)c1O. The van der Waals surface area contributed by atoms with Crippen molar-refractivity contribution in [3.05, 3.63) is 65.1 Å². The lowest BCUT2D eigenvalue weighted by Gasteiger charge is -2.14. The molecule has 0 amide bonds. The van der Waals surface area contributed by atoms with Gasteiger partial charge in [0.15, 0.2) is 0 Å². The zero-order valence-corrected chi connectivity index (χ0v) is 17.2. The molecule has 0 saturated carbocycles. The molecule has 1 unspecified atom stereocenters. The Kier molecular flexibility index (Phi) is 7.47. The van der Waals surface area contributed by atoms with Crippen LogP contribution in [0.15, 0.2) is 48.5 Å². The Morgan fingerprint density at radius 1 is 1.07 bits per heavy atom. The van der Waals surface area contributed by atoms with Crippen molar-refractivity contribution in [2.45, 2.75) is 57.6 Å². The van der Waals surface area contributed by atoms with Crippen LogP contribution in [0.2, 0.25) is 0 Å². The van der Waals surface area contributed by atoms with Gasteiger partial charge in [-0.05, 0) is 61.8 Å². The third-order valence-corrected chi connectivity index (χ3v) is 4.43. The fourth-order valence-electron chi connectivity index (χ4n) is 2.74. The third kappa shape index (κ3) is 9.72. The van der Waals surface area contributed by atoms with Gasteiger partial charge in [0.05, 0.1) is 20.9 Å². The first-order valence-electron chi connectivity index (χ1n) is 14.3. The van der Waals surface area contributed by atoms with E-state index < -0.39 is 67.3 Å². The van der Waals surface area contributed by atoms with E-state index in [9.17, 15) is 15.3 Å². The van der Waals surface area contributed by atoms with Crippen molar-refractivity contribution in [1.29, 1.82) is 0 Å². The number of aliphatic hydroxyl groups is 2. The van der Waals surface area contributed by atoms with Gasteiger partial charge in [-0.15, -0.1) is 0 Å². The van der Waals surface area contributed by atoms with Crippen LogP contribution in [0.25, 0.3) is 0 Å². The number of phenols is 1. The van der Waals surface area contributed by atoms with Crippen LogP contribution in [-0.2, 0) is 17.8 Å². The first kappa shape index (κ1) is 15.0. The minimum atomic E-state index is -2.66. The van der Waals surface area contributed by atoms with Crippen LogP contribution in [0, 0.1) is 0 Å². The van der Waals surface area contributed by atoms with Gasteiger partial charge in [-0.3, -0.25) is 0 Å². The Morgan fingerprint density at radius 3 is 2.67 bits per heavy atom. The molecule has 30 heavy (non-hydrogen) atoms. The minimum Gasteiger partial charge on any atom is -0.508 e. The molecule has 0 fully saturated rings. The van der Waals surface area contributed by atoms with Crippen LogP contribution in [0.4, 0.5) is 0 Å². The van der Waals surface area contributed by atoms with Gasteiger partial charge in [0.25, 0.3) is 0 Å². The number of ether oxygens (including phenoxy) is 1. The summed E-state index contributed by atoms with van der Waals surface area (Å²) in [6, 6.07) is 7.70. The predicted molar refractivity (Wildman–Crippen MR) is 121 cm³/mol. The molecule has 0 aliphatic rings. The Morgan fingerprint density at radius 2 is 1.87 bits per heavy atom. The summed E-state index contributed by atoms with van der Waals surface area (Å²) in [5.41, 5.74) is 0.148.